The highest BCUT2D eigenvalue weighted by molar-refractivity contribution is 5.75. The normalized spacial score (nSPS) is 20.6. The van der Waals surface area contributed by atoms with Gasteiger partial charge in [0.15, 0.2) is 0 Å². The molecule has 0 heterocycles. The van der Waals surface area contributed by atoms with Crippen LogP contribution in [-0.4, -0.2) is 0 Å². The van der Waals surface area contributed by atoms with Crippen molar-refractivity contribution in [1.82, 2.24) is 0 Å². The number of halogens is 1. The van der Waals surface area contributed by atoms with E-state index < -0.39 is 0 Å². The van der Waals surface area contributed by atoms with Gasteiger partial charge in [0.25, 0.3) is 0 Å². The molecule has 0 aromatic heterocycles. The summed E-state index contributed by atoms with van der Waals surface area (Å²) in [5.41, 5.74) is 4.22. The first kappa shape index (κ1) is 14.9. The summed E-state index contributed by atoms with van der Waals surface area (Å²) in [4.78, 5) is 0. The van der Waals surface area contributed by atoms with E-state index in [-0.39, 0.29) is 16.6 Å². The minimum absolute atomic E-state index is 0.00583. The zero-order valence-corrected chi connectivity index (χ0v) is 13.1. The van der Waals surface area contributed by atoms with Gasteiger partial charge in [0.1, 0.15) is 5.82 Å². The van der Waals surface area contributed by atoms with Gasteiger partial charge < -0.3 is 0 Å². The van der Waals surface area contributed by atoms with Gasteiger partial charge in [-0.15, -0.1) is 6.42 Å². The fraction of sp³-hybridized carbons (Fsp3) is 0.474. The second-order valence-corrected chi connectivity index (χ2v) is 7.36. The average molecular weight is 270 g/mol. The van der Waals surface area contributed by atoms with E-state index in [0.717, 1.165) is 24.0 Å². The molecule has 106 valence electrons. The lowest BCUT2D eigenvalue weighted by Gasteiger charge is -2.42. The minimum Gasteiger partial charge on any atom is -0.207 e. The van der Waals surface area contributed by atoms with Crippen molar-refractivity contribution in [2.75, 3.05) is 0 Å². The summed E-state index contributed by atoms with van der Waals surface area (Å²) in [6, 6.07) is 5.31. The number of allylic oxidation sites excluding steroid dienone is 2. The monoisotopic (exact) mass is 270 g/mol. The number of aryl methyl sites for hydroxylation is 1. The Hall–Kier alpha value is -1.55. The molecule has 0 saturated heterocycles. The molecule has 0 amide bonds. The Bertz CT molecular complexity index is 609. The van der Waals surface area contributed by atoms with E-state index in [4.69, 9.17) is 6.42 Å². The smallest absolute Gasteiger partial charge is 0.126 e. The Morgan fingerprint density at radius 2 is 1.85 bits per heavy atom. The standard InChI is InChI=1S/C19H23F/c1-7-16-15(11-18(3,4)12-19(16,5)6)14-8-9-17(20)13(2)10-14/h1,8-10H,11-12H2,2-6H3. The summed E-state index contributed by atoms with van der Waals surface area (Å²) in [7, 11) is 0. The van der Waals surface area contributed by atoms with Crippen molar-refractivity contribution in [2.24, 2.45) is 10.8 Å². The number of rotatable bonds is 1. The maximum atomic E-state index is 13.5. The lowest BCUT2D eigenvalue weighted by atomic mass is 9.61. The van der Waals surface area contributed by atoms with Gasteiger partial charge >= 0.3 is 0 Å². The first-order valence-electron chi connectivity index (χ1n) is 7.13. The van der Waals surface area contributed by atoms with Crippen molar-refractivity contribution in [2.45, 2.75) is 47.5 Å². The maximum Gasteiger partial charge on any atom is 0.126 e. The molecular weight excluding hydrogens is 247 g/mol. The van der Waals surface area contributed by atoms with Crippen LogP contribution in [0.2, 0.25) is 0 Å². The molecule has 2 rings (SSSR count). The fourth-order valence-corrected chi connectivity index (χ4v) is 3.68. The number of benzene rings is 1. The summed E-state index contributed by atoms with van der Waals surface area (Å²) in [6.07, 6.45) is 7.80. The summed E-state index contributed by atoms with van der Waals surface area (Å²) in [5.74, 6) is 2.74. The van der Waals surface area contributed by atoms with Gasteiger partial charge in [0.2, 0.25) is 0 Å². The third-order valence-corrected chi connectivity index (χ3v) is 4.21. The van der Waals surface area contributed by atoms with E-state index in [0.29, 0.717) is 5.56 Å². The predicted molar refractivity (Wildman–Crippen MR) is 83.7 cm³/mol. The third-order valence-electron chi connectivity index (χ3n) is 4.21. The van der Waals surface area contributed by atoms with Crippen LogP contribution in [0.4, 0.5) is 4.39 Å². The van der Waals surface area contributed by atoms with Gasteiger partial charge in [-0.3, -0.25) is 0 Å². The molecule has 0 saturated carbocycles. The van der Waals surface area contributed by atoms with Gasteiger partial charge in [0.05, 0.1) is 0 Å². The first-order valence-corrected chi connectivity index (χ1v) is 7.13. The highest BCUT2D eigenvalue weighted by Crippen LogP contribution is 2.51. The van der Waals surface area contributed by atoms with Crippen LogP contribution in [0.25, 0.3) is 5.57 Å². The minimum atomic E-state index is -0.161. The number of hydrogen-bond donors (Lipinski definition) is 0. The molecule has 0 fully saturated rings. The highest BCUT2D eigenvalue weighted by Gasteiger charge is 2.38. The quantitative estimate of drug-likeness (QED) is 0.602. The zero-order valence-electron chi connectivity index (χ0n) is 13.1. The largest absolute Gasteiger partial charge is 0.207 e. The molecule has 0 bridgehead atoms. The molecule has 1 aromatic rings. The number of terminal acetylenes is 1. The van der Waals surface area contributed by atoms with E-state index in [1.54, 1.807) is 13.0 Å². The van der Waals surface area contributed by atoms with Crippen molar-refractivity contribution >= 4 is 5.57 Å². The molecule has 0 atom stereocenters. The zero-order chi connectivity index (χ0) is 15.1. The van der Waals surface area contributed by atoms with E-state index in [2.05, 4.69) is 33.6 Å². The molecule has 0 unspecified atom stereocenters. The van der Waals surface area contributed by atoms with Crippen LogP contribution in [-0.2, 0) is 0 Å². The number of hydrogen-bond acceptors (Lipinski definition) is 0. The Morgan fingerprint density at radius 1 is 1.20 bits per heavy atom. The van der Waals surface area contributed by atoms with Crippen LogP contribution in [0.1, 0.15) is 51.7 Å². The van der Waals surface area contributed by atoms with Gasteiger partial charge in [-0.25, -0.2) is 4.39 Å². The lowest BCUT2D eigenvalue weighted by Crippen LogP contribution is -2.30. The van der Waals surface area contributed by atoms with Gasteiger partial charge in [-0.2, -0.15) is 0 Å². The molecule has 1 aliphatic rings. The van der Waals surface area contributed by atoms with Crippen LogP contribution >= 0.6 is 0 Å². The van der Waals surface area contributed by atoms with Crippen molar-refractivity contribution in [3.05, 3.63) is 40.7 Å². The third kappa shape index (κ3) is 2.66. The Balaban J connectivity index is 2.64. The van der Waals surface area contributed by atoms with E-state index in [9.17, 15) is 4.39 Å². The predicted octanol–water partition coefficient (Wildman–Crippen LogP) is 5.37. The average Bonchev–Trinajstić information content (AvgIpc) is 2.29. The molecule has 20 heavy (non-hydrogen) atoms. The molecule has 1 aliphatic carbocycles. The SMILES string of the molecule is C#CC1=C(c2ccc(F)c(C)c2)CC(C)(C)CC1(C)C. The first-order chi connectivity index (χ1) is 9.16. The van der Waals surface area contributed by atoms with Crippen LogP contribution in [0.3, 0.4) is 0 Å². The Morgan fingerprint density at radius 3 is 2.40 bits per heavy atom. The van der Waals surface area contributed by atoms with Crippen LogP contribution in [0.5, 0.6) is 0 Å². The molecule has 1 aromatic carbocycles. The van der Waals surface area contributed by atoms with Crippen molar-refractivity contribution in [1.29, 1.82) is 0 Å². The second-order valence-electron chi connectivity index (χ2n) is 7.36. The van der Waals surface area contributed by atoms with Gasteiger partial charge in [-0.05, 0) is 59.4 Å². The summed E-state index contributed by atoms with van der Waals surface area (Å²) in [5, 5.41) is 0. The van der Waals surface area contributed by atoms with Gasteiger partial charge in [-0.1, -0.05) is 39.7 Å². The maximum absolute atomic E-state index is 13.5. The molecule has 0 N–H and O–H groups in total. The fourth-order valence-electron chi connectivity index (χ4n) is 3.68. The van der Waals surface area contributed by atoms with Crippen LogP contribution < -0.4 is 0 Å². The van der Waals surface area contributed by atoms with Crippen LogP contribution in [0, 0.1) is 35.9 Å². The molecular formula is C19H23F. The molecule has 0 spiro atoms. The van der Waals surface area contributed by atoms with Gasteiger partial charge in [0, 0.05) is 5.57 Å². The second kappa shape index (κ2) is 4.77. The van der Waals surface area contributed by atoms with Crippen LogP contribution in [0.15, 0.2) is 23.8 Å². The molecule has 0 aliphatic heterocycles. The van der Waals surface area contributed by atoms with Crippen molar-refractivity contribution in [3.8, 4) is 12.3 Å². The summed E-state index contributed by atoms with van der Waals surface area (Å²) >= 11 is 0. The van der Waals surface area contributed by atoms with E-state index in [1.165, 1.54) is 5.57 Å². The van der Waals surface area contributed by atoms with E-state index >= 15 is 0 Å². The molecule has 1 heteroatoms. The van der Waals surface area contributed by atoms with Crippen molar-refractivity contribution < 1.29 is 4.39 Å². The molecule has 0 nitrogen and oxygen atoms in total. The highest BCUT2D eigenvalue weighted by atomic mass is 19.1. The lowest BCUT2D eigenvalue weighted by molar-refractivity contribution is 0.221. The topological polar surface area (TPSA) is 0 Å². The Kier molecular flexibility index (Phi) is 3.54. The summed E-state index contributed by atoms with van der Waals surface area (Å²) < 4.78 is 13.5. The van der Waals surface area contributed by atoms with Crippen molar-refractivity contribution in [3.63, 3.8) is 0 Å². The van der Waals surface area contributed by atoms with E-state index in [1.807, 2.05) is 12.1 Å². The molecule has 0 radical (unpaired) electrons. The summed E-state index contributed by atoms with van der Waals surface area (Å²) in [6.45, 7) is 10.8. The Labute approximate surface area is 122 Å².